The minimum Gasteiger partial charge on any atom is -0.316 e. The highest BCUT2D eigenvalue weighted by Crippen LogP contribution is 2.21. The number of hydrogen-bond acceptors (Lipinski definition) is 4. The molecule has 5 heteroatoms. The zero-order valence-electron chi connectivity index (χ0n) is 6.57. The molecule has 0 radical (unpaired) electrons. The van der Waals surface area contributed by atoms with Crippen molar-refractivity contribution in [2.24, 2.45) is 0 Å². The van der Waals surface area contributed by atoms with Gasteiger partial charge in [0.2, 0.25) is 5.91 Å². The molecular weight excluding hydrogens is 186 g/mol. The lowest BCUT2D eigenvalue weighted by Crippen LogP contribution is -2.09. The smallest absolute Gasteiger partial charge is 0.239 e. The minimum atomic E-state index is -0.388. The number of carbonyl (C=O) groups is 1. The van der Waals surface area contributed by atoms with Crippen molar-refractivity contribution in [1.82, 2.24) is 0 Å². The number of hydrogen-bond donors (Lipinski definition) is 1. The molecule has 0 aliphatic carbocycles. The Bertz CT molecular complexity index is 396. The van der Waals surface area contributed by atoms with Gasteiger partial charge in [0.05, 0.1) is 11.6 Å². The summed E-state index contributed by atoms with van der Waals surface area (Å²) < 4.78 is 0. The molecule has 4 nitrogen and oxygen atoms in total. The Balaban J connectivity index is 2.71. The normalized spacial score (nSPS) is 8.46. The molecule has 0 aromatic carbocycles. The molecule has 0 unspecified atom stereocenters. The second-order valence-electron chi connectivity index (χ2n) is 2.16. The first-order chi connectivity index (χ1) is 6.27. The number of nitrogens with zero attached hydrogens (tertiary/aromatic N) is 2. The van der Waals surface area contributed by atoms with Crippen LogP contribution in [0.3, 0.4) is 0 Å². The Labute approximate surface area is 79.0 Å². The minimum absolute atomic E-state index is 0.192. The second kappa shape index (κ2) is 4.24. The molecule has 1 aromatic heterocycles. The van der Waals surface area contributed by atoms with E-state index in [1.807, 2.05) is 6.07 Å². The number of anilines is 1. The van der Waals surface area contributed by atoms with Crippen molar-refractivity contribution >= 4 is 22.2 Å². The lowest BCUT2D eigenvalue weighted by molar-refractivity contribution is -0.115. The first-order valence-electron chi connectivity index (χ1n) is 3.42. The molecule has 1 N–H and O–H groups in total. The SMILES string of the molecule is N#CCC(=O)Nc1sccc1C#N. The van der Waals surface area contributed by atoms with Gasteiger partial charge in [0.15, 0.2) is 0 Å². The second-order valence-corrected chi connectivity index (χ2v) is 3.07. The number of thiophene rings is 1. The largest absolute Gasteiger partial charge is 0.316 e. The van der Waals surface area contributed by atoms with E-state index in [1.54, 1.807) is 17.5 Å². The quantitative estimate of drug-likeness (QED) is 0.768. The highest BCUT2D eigenvalue weighted by atomic mass is 32.1. The molecule has 1 heterocycles. The van der Waals surface area contributed by atoms with Gasteiger partial charge in [-0.05, 0) is 11.4 Å². The highest BCUT2D eigenvalue weighted by molar-refractivity contribution is 7.14. The summed E-state index contributed by atoms with van der Waals surface area (Å²) in [7, 11) is 0. The van der Waals surface area contributed by atoms with Gasteiger partial charge in [-0.1, -0.05) is 0 Å². The van der Waals surface area contributed by atoms with Gasteiger partial charge >= 0.3 is 0 Å². The fourth-order valence-corrected chi connectivity index (χ4v) is 1.49. The Morgan fingerprint density at radius 2 is 2.38 bits per heavy atom. The summed E-state index contributed by atoms with van der Waals surface area (Å²) in [6, 6.07) is 5.28. The van der Waals surface area contributed by atoms with Crippen LogP contribution in [0.4, 0.5) is 5.00 Å². The van der Waals surface area contributed by atoms with E-state index in [0.717, 1.165) is 0 Å². The summed E-state index contributed by atoms with van der Waals surface area (Å²) >= 11 is 1.26. The third kappa shape index (κ3) is 2.29. The molecule has 0 aliphatic rings. The Morgan fingerprint density at radius 3 is 3.00 bits per heavy atom. The number of carbonyl (C=O) groups excluding carboxylic acids is 1. The average Bonchev–Trinajstić information content (AvgIpc) is 2.52. The molecule has 1 rings (SSSR count). The molecule has 0 spiro atoms. The molecule has 1 amide bonds. The van der Waals surface area contributed by atoms with Gasteiger partial charge < -0.3 is 5.32 Å². The van der Waals surface area contributed by atoms with Crippen LogP contribution in [0.2, 0.25) is 0 Å². The molecule has 0 fully saturated rings. The van der Waals surface area contributed by atoms with Gasteiger partial charge in [-0.2, -0.15) is 10.5 Å². The molecule has 1 aromatic rings. The van der Waals surface area contributed by atoms with E-state index in [2.05, 4.69) is 5.32 Å². The number of rotatable bonds is 2. The van der Waals surface area contributed by atoms with Crippen LogP contribution in [0.5, 0.6) is 0 Å². The van der Waals surface area contributed by atoms with Crippen LogP contribution in [-0.4, -0.2) is 5.91 Å². The maximum absolute atomic E-state index is 10.9. The molecule has 13 heavy (non-hydrogen) atoms. The summed E-state index contributed by atoms with van der Waals surface area (Å²) in [4.78, 5) is 10.9. The zero-order chi connectivity index (χ0) is 9.68. The fraction of sp³-hybridized carbons (Fsp3) is 0.125. The summed E-state index contributed by atoms with van der Waals surface area (Å²) in [5, 5.41) is 21.5. The molecule has 64 valence electrons. The van der Waals surface area contributed by atoms with Gasteiger partial charge in [-0.3, -0.25) is 4.79 Å². The van der Waals surface area contributed by atoms with Gasteiger partial charge in [0.1, 0.15) is 17.5 Å². The third-order valence-corrected chi connectivity index (χ3v) is 2.11. The maximum Gasteiger partial charge on any atom is 0.239 e. The van der Waals surface area contributed by atoms with E-state index in [4.69, 9.17) is 10.5 Å². The van der Waals surface area contributed by atoms with Crippen molar-refractivity contribution in [3.05, 3.63) is 17.0 Å². The average molecular weight is 191 g/mol. The highest BCUT2D eigenvalue weighted by Gasteiger charge is 2.06. The third-order valence-electron chi connectivity index (χ3n) is 1.28. The summed E-state index contributed by atoms with van der Waals surface area (Å²) in [6.45, 7) is 0. The molecule has 0 atom stereocenters. The van der Waals surface area contributed by atoms with Crippen molar-refractivity contribution in [2.45, 2.75) is 6.42 Å². The van der Waals surface area contributed by atoms with Crippen molar-refractivity contribution < 1.29 is 4.79 Å². The summed E-state index contributed by atoms with van der Waals surface area (Å²) in [5.74, 6) is -0.388. The summed E-state index contributed by atoms with van der Waals surface area (Å²) in [6.07, 6.45) is -0.192. The van der Waals surface area contributed by atoms with E-state index in [-0.39, 0.29) is 12.3 Å². The Hall–Kier alpha value is -1.85. The van der Waals surface area contributed by atoms with E-state index < -0.39 is 0 Å². The number of nitrogens with one attached hydrogen (secondary N) is 1. The summed E-state index contributed by atoms with van der Waals surface area (Å²) in [5.41, 5.74) is 0.427. The Kier molecular flexibility index (Phi) is 3.02. The van der Waals surface area contributed by atoms with Crippen LogP contribution < -0.4 is 5.32 Å². The zero-order valence-corrected chi connectivity index (χ0v) is 7.39. The van der Waals surface area contributed by atoms with Crippen LogP contribution in [0, 0.1) is 22.7 Å². The topological polar surface area (TPSA) is 76.7 Å². The van der Waals surface area contributed by atoms with Crippen molar-refractivity contribution in [3.63, 3.8) is 0 Å². The van der Waals surface area contributed by atoms with Crippen LogP contribution in [0.1, 0.15) is 12.0 Å². The number of nitriles is 2. The van der Waals surface area contributed by atoms with Gasteiger partial charge in [-0.25, -0.2) is 0 Å². The number of amides is 1. The molecule has 0 saturated heterocycles. The standard InChI is InChI=1S/C8H5N3OS/c9-3-1-7(12)11-8-6(5-10)2-4-13-8/h2,4H,1H2,(H,11,12). The monoisotopic (exact) mass is 191 g/mol. The van der Waals surface area contributed by atoms with Crippen molar-refractivity contribution in [1.29, 1.82) is 10.5 Å². The maximum atomic E-state index is 10.9. The predicted octanol–water partition coefficient (Wildman–Crippen LogP) is 1.47. The van der Waals surface area contributed by atoms with Crippen LogP contribution in [0.25, 0.3) is 0 Å². The van der Waals surface area contributed by atoms with E-state index in [9.17, 15) is 4.79 Å². The Morgan fingerprint density at radius 1 is 1.62 bits per heavy atom. The van der Waals surface area contributed by atoms with E-state index >= 15 is 0 Å². The van der Waals surface area contributed by atoms with Crippen molar-refractivity contribution in [3.8, 4) is 12.1 Å². The van der Waals surface area contributed by atoms with Crippen LogP contribution in [-0.2, 0) is 4.79 Å². The van der Waals surface area contributed by atoms with E-state index in [1.165, 1.54) is 11.3 Å². The fourth-order valence-electron chi connectivity index (χ4n) is 0.737. The molecule has 0 aliphatic heterocycles. The van der Waals surface area contributed by atoms with E-state index in [0.29, 0.717) is 10.6 Å². The first kappa shape index (κ1) is 9.24. The van der Waals surface area contributed by atoms with Crippen molar-refractivity contribution in [2.75, 3.05) is 5.32 Å². The molecular formula is C8H5N3OS. The van der Waals surface area contributed by atoms with Gasteiger partial charge in [0, 0.05) is 0 Å². The van der Waals surface area contributed by atoms with Gasteiger partial charge in [-0.15, -0.1) is 11.3 Å². The first-order valence-corrected chi connectivity index (χ1v) is 4.30. The van der Waals surface area contributed by atoms with Crippen LogP contribution in [0.15, 0.2) is 11.4 Å². The molecule has 0 bridgehead atoms. The predicted molar refractivity (Wildman–Crippen MR) is 47.9 cm³/mol. The lowest BCUT2D eigenvalue weighted by atomic mass is 10.3. The van der Waals surface area contributed by atoms with Gasteiger partial charge in [0.25, 0.3) is 0 Å². The van der Waals surface area contributed by atoms with Crippen LogP contribution >= 0.6 is 11.3 Å². The lowest BCUT2D eigenvalue weighted by Gasteiger charge is -1.97. The molecule has 0 saturated carbocycles.